The molecule has 0 atom stereocenters. The normalized spacial score (nSPS) is 10.8. The Balaban J connectivity index is 2.03. The molecule has 2 heterocycles. The van der Waals surface area contributed by atoms with Crippen molar-refractivity contribution in [3.05, 3.63) is 71.7 Å². The van der Waals surface area contributed by atoms with E-state index in [1.54, 1.807) is 0 Å². The number of fused-ring (bicyclic) bond motifs is 1. The van der Waals surface area contributed by atoms with Gasteiger partial charge in [0.15, 0.2) is 17.2 Å². The van der Waals surface area contributed by atoms with Gasteiger partial charge in [-0.1, -0.05) is 48.0 Å². The average Bonchev–Trinajstić information content (AvgIpc) is 2.98. The van der Waals surface area contributed by atoms with E-state index in [9.17, 15) is 5.26 Å². The number of hydrogen-bond donors (Lipinski definition) is 0. The first-order valence-corrected chi connectivity index (χ1v) is 7.97. The Morgan fingerprint density at radius 1 is 0.880 bits per heavy atom. The van der Waals surface area contributed by atoms with Crippen molar-refractivity contribution in [3.63, 3.8) is 0 Å². The summed E-state index contributed by atoms with van der Waals surface area (Å²) in [5.74, 6) is 1.30. The van der Waals surface area contributed by atoms with E-state index >= 15 is 0 Å². The van der Waals surface area contributed by atoms with Crippen molar-refractivity contribution in [3.8, 4) is 23.1 Å². The summed E-state index contributed by atoms with van der Waals surface area (Å²) in [6.07, 6.45) is 0. The SMILES string of the molecule is Cc1ccc(-n2c(C)nc3c(C#N)nc(-c4ccccc4)nc32)cc1. The van der Waals surface area contributed by atoms with Crippen molar-refractivity contribution < 1.29 is 0 Å². The summed E-state index contributed by atoms with van der Waals surface area (Å²) in [6, 6.07) is 20.0. The van der Waals surface area contributed by atoms with Crippen molar-refractivity contribution in [2.45, 2.75) is 13.8 Å². The molecule has 0 saturated heterocycles. The van der Waals surface area contributed by atoms with Crippen LogP contribution < -0.4 is 0 Å². The summed E-state index contributed by atoms with van der Waals surface area (Å²) in [4.78, 5) is 13.6. The third-order valence-electron chi connectivity index (χ3n) is 4.10. The molecule has 0 N–H and O–H groups in total. The van der Waals surface area contributed by atoms with Gasteiger partial charge in [-0.2, -0.15) is 5.26 Å². The van der Waals surface area contributed by atoms with Crippen LogP contribution in [0.2, 0.25) is 0 Å². The van der Waals surface area contributed by atoms with Crippen molar-refractivity contribution in [1.29, 1.82) is 5.26 Å². The first kappa shape index (κ1) is 15.0. The summed E-state index contributed by atoms with van der Waals surface area (Å²) in [6.45, 7) is 3.96. The molecular weight excluding hydrogens is 310 g/mol. The van der Waals surface area contributed by atoms with E-state index in [1.807, 2.05) is 73.0 Å². The Bertz CT molecular complexity index is 1100. The van der Waals surface area contributed by atoms with Crippen LogP contribution in [0, 0.1) is 25.2 Å². The summed E-state index contributed by atoms with van der Waals surface area (Å²) in [5.41, 5.74) is 4.48. The fourth-order valence-corrected chi connectivity index (χ4v) is 2.86. The van der Waals surface area contributed by atoms with Gasteiger partial charge in [-0.05, 0) is 26.0 Å². The van der Waals surface area contributed by atoms with E-state index in [0.717, 1.165) is 17.1 Å². The maximum atomic E-state index is 9.52. The highest BCUT2D eigenvalue weighted by Crippen LogP contribution is 2.25. The van der Waals surface area contributed by atoms with Gasteiger partial charge in [0.1, 0.15) is 17.4 Å². The lowest BCUT2D eigenvalue weighted by Gasteiger charge is -2.08. The molecule has 25 heavy (non-hydrogen) atoms. The van der Waals surface area contributed by atoms with E-state index in [1.165, 1.54) is 5.56 Å². The molecule has 0 spiro atoms. The maximum Gasteiger partial charge on any atom is 0.172 e. The number of hydrogen-bond acceptors (Lipinski definition) is 4. The molecule has 0 amide bonds. The largest absolute Gasteiger partial charge is 0.281 e. The molecule has 2 aromatic carbocycles. The predicted molar refractivity (Wildman–Crippen MR) is 96.3 cm³/mol. The first-order chi connectivity index (χ1) is 12.2. The standard InChI is InChI=1S/C20H15N5/c1-13-8-10-16(11-9-13)25-14(2)22-18-17(12-21)23-19(24-20(18)25)15-6-4-3-5-7-15/h3-11H,1-2H3. The van der Waals surface area contributed by atoms with Gasteiger partial charge in [0.05, 0.1) is 0 Å². The Labute approximate surface area is 145 Å². The molecule has 0 aliphatic rings. The van der Waals surface area contributed by atoms with E-state index in [2.05, 4.69) is 16.0 Å². The molecule has 0 radical (unpaired) electrons. The third kappa shape index (κ3) is 2.54. The summed E-state index contributed by atoms with van der Waals surface area (Å²) in [5, 5.41) is 9.52. The van der Waals surface area contributed by atoms with Gasteiger partial charge in [-0.3, -0.25) is 4.57 Å². The van der Waals surface area contributed by atoms with Gasteiger partial charge in [-0.25, -0.2) is 15.0 Å². The van der Waals surface area contributed by atoms with Crippen LogP contribution in [0.15, 0.2) is 54.6 Å². The summed E-state index contributed by atoms with van der Waals surface area (Å²) >= 11 is 0. The molecule has 0 aliphatic heterocycles. The molecule has 0 unspecified atom stereocenters. The zero-order valence-electron chi connectivity index (χ0n) is 13.9. The summed E-state index contributed by atoms with van der Waals surface area (Å²) < 4.78 is 1.96. The van der Waals surface area contributed by atoms with Crippen LogP contribution in [0.25, 0.3) is 28.2 Å². The van der Waals surface area contributed by atoms with Crippen LogP contribution in [0.4, 0.5) is 0 Å². The molecule has 5 heteroatoms. The fourth-order valence-electron chi connectivity index (χ4n) is 2.86. The van der Waals surface area contributed by atoms with Gasteiger partial charge < -0.3 is 0 Å². The van der Waals surface area contributed by atoms with Gasteiger partial charge in [-0.15, -0.1) is 0 Å². The average molecular weight is 325 g/mol. The monoisotopic (exact) mass is 325 g/mol. The van der Waals surface area contributed by atoms with E-state index in [0.29, 0.717) is 17.0 Å². The van der Waals surface area contributed by atoms with Crippen molar-refractivity contribution in [2.24, 2.45) is 0 Å². The lowest BCUT2D eigenvalue weighted by molar-refractivity contribution is 0.985. The molecule has 4 aromatic rings. The zero-order valence-corrected chi connectivity index (χ0v) is 13.9. The number of nitrogens with zero attached hydrogens (tertiary/aromatic N) is 5. The molecule has 0 fully saturated rings. The minimum Gasteiger partial charge on any atom is -0.281 e. The van der Waals surface area contributed by atoms with Crippen molar-refractivity contribution in [2.75, 3.05) is 0 Å². The van der Waals surface area contributed by atoms with Crippen molar-refractivity contribution >= 4 is 11.2 Å². The molecule has 5 nitrogen and oxygen atoms in total. The Hall–Kier alpha value is -3.52. The molecule has 4 rings (SSSR count). The van der Waals surface area contributed by atoms with Crippen LogP contribution in [-0.2, 0) is 0 Å². The number of imidazole rings is 1. The Morgan fingerprint density at radius 3 is 2.28 bits per heavy atom. The smallest absolute Gasteiger partial charge is 0.172 e. The second kappa shape index (κ2) is 5.84. The number of rotatable bonds is 2. The van der Waals surface area contributed by atoms with Crippen LogP contribution in [-0.4, -0.2) is 19.5 Å². The third-order valence-corrected chi connectivity index (χ3v) is 4.10. The summed E-state index contributed by atoms with van der Waals surface area (Å²) in [7, 11) is 0. The van der Waals surface area contributed by atoms with E-state index in [-0.39, 0.29) is 5.69 Å². The zero-order chi connectivity index (χ0) is 17.4. The molecule has 0 aliphatic carbocycles. The number of nitriles is 1. The Kier molecular flexibility index (Phi) is 3.51. The molecular formula is C20H15N5. The highest BCUT2D eigenvalue weighted by Gasteiger charge is 2.17. The highest BCUT2D eigenvalue weighted by molar-refractivity contribution is 5.81. The molecule has 0 saturated carbocycles. The molecule has 0 bridgehead atoms. The minimum atomic E-state index is 0.290. The minimum absolute atomic E-state index is 0.290. The van der Waals surface area contributed by atoms with Crippen LogP contribution in [0.3, 0.4) is 0 Å². The van der Waals surface area contributed by atoms with E-state index < -0.39 is 0 Å². The molecule has 2 aromatic heterocycles. The fraction of sp³-hybridized carbons (Fsp3) is 0.100. The first-order valence-electron chi connectivity index (χ1n) is 7.97. The number of aromatic nitrogens is 4. The number of aryl methyl sites for hydroxylation is 2. The van der Waals surface area contributed by atoms with Crippen molar-refractivity contribution in [1.82, 2.24) is 19.5 Å². The van der Waals surface area contributed by atoms with Crippen LogP contribution in [0.1, 0.15) is 17.1 Å². The predicted octanol–water partition coefficient (Wildman–Crippen LogP) is 3.97. The van der Waals surface area contributed by atoms with Gasteiger partial charge in [0.2, 0.25) is 0 Å². The number of benzene rings is 2. The van der Waals surface area contributed by atoms with E-state index in [4.69, 9.17) is 4.98 Å². The van der Waals surface area contributed by atoms with Crippen LogP contribution >= 0.6 is 0 Å². The molecule has 120 valence electrons. The topological polar surface area (TPSA) is 67.4 Å². The lowest BCUT2D eigenvalue weighted by Crippen LogP contribution is -2.00. The van der Waals surface area contributed by atoms with Gasteiger partial charge in [0.25, 0.3) is 0 Å². The second-order valence-electron chi connectivity index (χ2n) is 5.88. The Morgan fingerprint density at radius 2 is 1.60 bits per heavy atom. The van der Waals surface area contributed by atoms with Crippen LogP contribution in [0.5, 0.6) is 0 Å². The second-order valence-corrected chi connectivity index (χ2v) is 5.88. The van der Waals surface area contributed by atoms with Gasteiger partial charge in [0, 0.05) is 11.3 Å². The highest BCUT2D eigenvalue weighted by atomic mass is 15.1. The maximum absolute atomic E-state index is 9.52. The lowest BCUT2D eigenvalue weighted by atomic mass is 10.2. The quantitative estimate of drug-likeness (QED) is 0.559. The van der Waals surface area contributed by atoms with Gasteiger partial charge >= 0.3 is 0 Å².